The molecule has 1 aliphatic rings. The number of ether oxygens (including phenoxy) is 1. The molecule has 7 heteroatoms. The number of carbonyl (C=O) groups is 2. The van der Waals surface area contributed by atoms with E-state index >= 15 is 0 Å². The summed E-state index contributed by atoms with van der Waals surface area (Å²) in [5.41, 5.74) is 4.98. The second kappa shape index (κ2) is 9.49. The van der Waals surface area contributed by atoms with Crippen LogP contribution in [-0.4, -0.2) is 39.5 Å². The highest BCUT2D eigenvalue weighted by Crippen LogP contribution is 2.40. The number of rotatable bonds is 6. The normalized spacial score (nSPS) is 23.6. The van der Waals surface area contributed by atoms with Crippen LogP contribution >= 0.6 is 0 Å². The van der Waals surface area contributed by atoms with Crippen molar-refractivity contribution >= 4 is 27.3 Å². The number of primary amides is 1. The van der Waals surface area contributed by atoms with Gasteiger partial charge < -0.3 is 14.9 Å². The lowest BCUT2D eigenvalue weighted by atomic mass is 9.97. The Kier molecular flexibility index (Phi) is 9.04. The lowest BCUT2D eigenvalue weighted by molar-refractivity contribution is -0.139. The van der Waals surface area contributed by atoms with E-state index in [0.29, 0.717) is 12.2 Å². The van der Waals surface area contributed by atoms with Gasteiger partial charge in [0.25, 0.3) is 0 Å². The molecule has 1 aliphatic heterocycles. The van der Waals surface area contributed by atoms with Gasteiger partial charge in [0, 0.05) is 5.57 Å². The molecule has 0 bridgehead atoms. The van der Waals surface area contributed by atoms with Crippen molar-refractivity contribution in [2.45, 2.75) is 70.9 Å². The highest BCUT2D eigenvalue weighted by molar-refractivity contribution is 7.38. The standard InChI is InChI=1S/C15H30O3Si2.C3H5NO/c1-13(2)14(16)17-11-8-9-15(3)10-12-19(4,5)20(6,7)18-15;1-2-3(4)5/h1,8-12H2,2-7H3;2H,1H2,(H2,4,5). The monoisotopic (exact) mass is 385 g/mol. The first kappa shape index (κ1) is 23.8. The van der Waals surface area contributed by atoms with E-state index in [1.807, 2.05) is 0 Å². The van der Waals surface area contributed by atoms with Gasteiger partial charge in [-0.2, -0.15) is 0 Å². The summed E-state index contributed by atoms with van der Waals surface area (Å²) in [4.78, 5) is 20.8. The summed E-state index contributed by atoms with van der Waals surface area (Å²) in [6.07, 6.45) is 4.04. The van der Waals surface area contributed by atoms with Crippen LogP contribution in [0.5, 0.6) is 0 Å². The fourth-order valence-corrected chi connectivity index (χ4v) is 9.81. The van der Waals surface area contributed by atoms with Gasteiger partial charge >= 0.3 is 5.97 Å². The van der Waals surface area contributed by atoms with Gasteiger partial charge in [-0.1, -0.05) is 32.3 Å². The summed E-state index contributed by atoms with van der Waals surface area (Å²) >= 11 is 0. The Morgan fingerprint density at radius 3 is 2.24 bits per heavy atom. The van der Waals surface area contributed by atoms with E-state index in [-0.39, 0.29) is 11.6 Å². The molecule has 0 aromatic carbocycles. The molecular formula is C18H35NO4Si2. The van der Waals surface area contributed by atoms with Crippen molar-refractivity contribution in [1.29, 1.82) is 0 Å². The summed E-state index contributed by atoms with van der Waals surface area (Å²) in [5.74, 6) is -0.770. The zero-order valence-electron chi connectivity index (χ0n) is 16.7. The smallest absolute Gasteiger partial charge is 0.333 e. The van der Waals surface area contributed by atoms with Gasteiger partial charge in [0.05, 0.1) is 19.8 Å². The Balaban J connectivity index is 0.00000101. The fraction of sp³-hybridized carbons (Fsp3) is 0.667. The number of nitrogens with two attached hydrogens (primary N) is 1. The molecule has 1 rings (SSSR count). The molecule has 1 atom stereocenters. The average molecular weight is 386 g/mol. The molecule has 1 amide bonds. The zero-order chi connectivity index (χ0) is 19.9. The first-order valence-corrected chi connectivity index (χ1v) is 15.8. The van der Waals surface area contributed by atoms with Crippen LogP contribution in [0.1, 0.15) is 33.1 Å². The third kappa shape index (κ3) is 8.15. The summed E-state index contributed by atoms with van der Waals surface area (Å²) in [6.45, 7) is 20.7. The zero-order valence-corrected chi connectivity index (χ0v) is 18.7. The maximum atomic E-state index is 11.3. The molecule has 0 saturated carbocycles. The number of hydrogen-bond acceptors (Lipinski definition) is 4. The molecule has 1 saturated heterocycles. The van der Waals surface area contributed by atoms with Crippen molar-refractivity contribution in [2.24, 2.45) is 5.73 Å². The summed E-state index contributed by atoms with van der Waals surface area (Å²) in [7, 11) is -2.70. The van der Waals surface area contributed by atoms with Crippen molar-refractivity contribution in [3.63, 3.8) is 0 Å². The van der Waals surface area contributed by atoms with E-state index in [0.717, 1.165) is 25.3 Å². The van der Waals surface area contributed by atoms with Gasteiger partial charge in [0.1, 0.15) is 0 Å². The third-order valence-corrected chi connectivity index (χ3v) is 21.6. The quantitative estimate of drug-likeness (QED) is 0.327. The molecule has 0 aromatic heterocycles. The van der Waals surface area contributed by atoms with E-state index in [4.69, 9.17) is 9.16 Å². The Labute approximate surface area is 154 Å². The molecule has 1 fully saturated rings. The van der Waals surface area contributed by atoms with Crippen molar-refractivity contribution in [2.75, 3.05) is 6.61 Å². The molecule has 5 nitrogen and oxygen atoms in total. The summed E-state index contributed by atoms with van der Waals surface area (Å²) in [6, 6.07) is 1.36. The molecular weight excluding hydrogens is 350 g/mol. The van der Waals surface area contributed by atoms with Gasteiger partial charge in [-0.05, 0) is 52.3 Å². The lowest BCUT2D eigenvalue weighted by Crippen LogP contribution is -2.64. The lowest BCUT2D eigenvalue weighted by Gasteiger charge is -2.51. The predicted molar refractivity (Wildman–Crippen MR) is 108 cm³/mol. The Morgan fingerprint density at radius 1 is 1.32 bits per heavy atom. The topological polar surface area (TPSA) is 78.6 Å². The Morgan fingerprint density at radius 2 is 1.84 bits per heavy atom. The van der Waals surface area contributed by atoms with E-state index in [2.05, 4.69) is 52.0 Å². The molecule has 1 heterocycles. The van der Waals surface area contributed by atoms with Crippen LogP contribution in [0.3, 0.4) is 0 Å². The van der Waals surface area contributed by atoms with Gasteiger partial charge in [0.2, 0.25) is 5.91 Å². The molecule has 0 radical (unpaired) electrons. The van der Waals surface area contributed by atoms with E-state index in [1.165, 1.54) is 6.04 Å². The molecule has 25 heavy (non-hydrogen) atoms. The largest absolute Gasteiger partial charge is 0.462 e. The van der Waals surface area contributed by atoms with Crippen LogP contribution in [0.25, 0.3) is 0 Å². The van der Waals surface area contributed by atoms with Crippen LogP contribution in [0.2, 0.25) is 32.2 Å². The van der Waals surface area contributed by atoms with E-state index in [1.54, 1.807) is 6.92 Å². The van der Waals surface area contributed by atoms with Gasteiger partial charge in [-0.3, -0.25) is 4.79 Å². The highest BCUT2D eigenvalue weighted by atomic mass is 29.3. The number of hydrogen-bond donors (Lipinski definition) is 1. The van der Waals surface area contributed by atoms with Crippen LogP contribution in [0.15, 0.2) is 24.8 Å². The van der Waals surface area contributed by atoms with Crippen LogP contribution in [-0.2, 0) is 18.8 Å². The first-order valence-electron chi connectivity index (χ1n) is 8.71. The minimum atomic E-state index is -1.54. The van der Waals surface area contributed by atoms with Gasteiger partial charge in [-0.15, -0.1) is 0 Å². The minimum Gasteiger partial charge on any atom is -0.462 e. The third-order valence-electron chi connectivity index (χ3n) is 5.04. The molecule has 0 spiro atoms. The second-order valence-corrected chi connectivity index (χ2v) is 23.2. The molecule has 144 valence electrons. The molecule has 0 aromatic rings. The highest BCUT2D eigenvalue weighted by Gasteiger charge is 2.51. The number of amides is 1. The van der Waals surface area contributed by atoms with E-state index in [9.17, 15) is 9.59 Å². The Bertz CT molecular complexity index is 517. The molecule has 1 unspecified atom stereocenters. The minimum absolute atomic E-state index is 0.0200. The predicted octanol–water partition coefficient (Wildman–Crippen LogP) is 3.71. The van der Waals surface area contributed by atoms with Crippen LogP contribution in [0, 0.1) is 0 Å². The second-order valence-electron chi connectivity index (χ2n) is 8.07. The summed E-state index contributed by atoms with van der Waals surface area (Å²) in [5, 5.41) is 0. The summed E-state index contributed by atoms with van der Waals surface area (Å²) < 4.78 is 11.7. The maximum Gasteiger partial charge on any atom is 0.333 e. The van der Waals surface area contributed by atoms with E-state index < -0.39 is 21.3 Å². The SMILES string of the molecule is C=C(C)C(=O)OCCCC1(C)CC[Si](C)(C)[Si](C)(C)O1.C=CC(N)=O. The Hall–Kier alpha value is -1.19. The van der Waals surface area contributed by atoms with Gasteiger partial charge in [-0.25, -0.2) is 4.79 Å². The van der Waals surface area contributed by atoms with Gasteiger partial charge in [0.15, 0.2) is 7.83 Å². The van der Waals surface area contributed by atoms with Crippen molar-refractivity contribution in [1.82, 2.24) is 0 Å². The fourth-order valence-electron chi connectivity index (χ4n) is 2.59. The number of carbonyl (C=O) groups excluding carboxylic acids is 2. The number of esters is 1. The van der Waals surface area contributed by atoms with Crippen molar-refractivity contribution in [3.05, 3.63) is 24.8 Å². The first-order chi connectivity index (χ1) is 11.3. The van der Waals surface area contributed by atoms with Crippen molar-refractivity contribution < 1.29 is 18.8 Å². The molecule has 0 aliphatic carbocycles. The molecule has 2 N–H and O–H groups in total. The van der Waals surface area contributed by atoms with Crippen LogP contribution < -0.4 is 5.73 Å². The average Bonchev–Trinajstić information content (AvgIpc) is 2.48. The van der Waals surface area contributed by atoms with Crippen LogP contribution in [0.4, 0.5) is 0 Å². The van der Waals surface area contributed by atoms with Crippen molar-refractivity contribution in [3.8, 4) is 0 Å². The maximum absolute atomic E-state index is 11.3.